The Kier molecular flexibility index (Phi) is 7.32. The molecule has 6 nitrogen and oxygen atoms in total. The molecule has 0 aromatic heterocycles. The van der Waals surface area contributed by atoms with Crippen molar-refractivity contribution in [1.29, 1.82) is 0 Å². The second-order valence-corrected chi connectivity index (χ2v) is 8.57. The van der Waals surface area contributed by atoms with Crippen molar-refractivity contribution in [1.82, 2.24) is 10.2 Å². The van der Waals surface area contributed by atoms with Crippen LogP contribution in [0.4, 0.5) is 0 Å². The Morgan fingerprint density at radius 3 is 2.35 bits per heavy atom. The highest BCUT2D eigenvalue weighted by Gasteiger charge is 2.28. The maximum Gasteiger partial charge on any atom is 0.193 e. The topological polar surface area (TPSA) is 55.3 Å². The van der Waals surface area contributed by atoms with Crippen molar-refractivity contribution in [3.63, 3.8) is 0 Å². The first-order valence-corrected chi connectivity index (χ1v) is 9.81. The van der Waals surface area contributed by atoms with E-state index in [-0.39, 0.29) is 4.75 Å². The highest BCUT2D eigenvalue weighted by Crippen LogP contribution is 2.34. The number of nitrogens with zero attached hydrogens (tertiary/aromatic N) is 2. The van der Waals surface area contributed by atoms with E-state index in [1.807, 2.05) is 30.9 Å². The summed E-state index contributed by atoms with van der Waals surface area (Å²) < 4.78 is 16.6. The van der Waals surface area contributed by atoms with Gasteiger partial charge in [0.2, 0.25) is 0 Å². The first-order valence-electron chi connectivity index (χ1n) is 8.82. The fourth-order valence-electron chi connectivity index (χ4n) is 3.15. The van der Waals surface area contributed by atoms with Crippen LogP contribution >= 0.6 is 11.8 Å². The van der Waals surface area contributed by atoms with Crippen LogP contribution < -0.4 is 19.5 Å². The van der Waals surface area contributed by atoms with Crippen LogP contribution in [0.1, 0.15) is 19.4 Å². The van der Waals surface area contributed by atoms with Gasteiger partial charge in [0.05, 0.1) is 21.3 Å². The third-order valence-corrected chi connectivity index (χ3v) is 5.71. The van der Waals surface area contributed by atoms with E-state index in [2.05, 4.69) is 29.1 Å². The summed E-state index contributed by atoms with van der Waals surface area (Å²) in [5, 5.41) is 3.48. The molecule has 1 aliphatic rings. The molecular formula is C19H31N3O3S. The summed E-state index contributed by atoms with van der Waals surface area (Å²) >= 11 is 2.02. The lowest BCUT2D eigenvalue weighted by Gasteiger charge is -2.39. The average molecular weight is 382 g/mol. The molecule has 26 heavy (non-hydrogen) atoms. The van der Waals surface area contributed by atoms with Gasteiger partial charge in [-0.1, -0.05) is 0 Å². The number of rotatable bonds is 6. The molecule has 1 aromatic carbocycles. The van der Waals surface area contributed by atoms with Crippen molar-refractivity contribution in [3.8, 4) is 17.2 Å². The van der Waals surface area contributed by atoms with Gasteiger partial charge in [0.25, 0.3) is 0 Å². The van der Waals surface area contributed by atoms with Crippen LogP contribution in [-0.4, -0.2) is 69.4 Å². The molecule has 0 spiro atoms. The van der Waals surface area contributed by atoms with E-state index in [9.17, 15) is 0 Å². The van der Waals surface area contributed by atoms with E-state index in [1.165, 1.54) is 0 Å². The molecule has 1 saturated heterocycles. The lowest BCUT2D eigenvalue weighted by molar-refractivity contribution is 0.366. The molecule has 1 aliphatic heterocycles. The van der Waals surface area contributed by atoms with Gasteiger partial charge >= 0.3 is 0 Å². The largest absolute Gasteiger partial charge is 0.496 e. The van der Waals surface area contributed by atoms with Gasteiger partial charge in [0.15, 0.2) is 5.96 Å². The van der Waals surface area contributed by atoms with Gasteiger partial charge < -0.3 is 24.4 Å². The number of hydrogen-bond donors (Lipinski definition) is 1. The second kappa shape index (κ2) is 9.26. The van der Waals surface area contributed by atoms with Crippen molar-refractivity contribution in [2.24, 2.45) is 4.99 Å². The predicted molar refractivity (Wildman–Crippen MR) is 109 cm³/mol. The van der Waals surface area contributed by atoms with E-state index in [1.54, 1.807) is 21.3 Å². The van der Waals surface area contributed by atoms with Crippen LogP contribution in [0, 0.1) is 0 Å². The smallest absolute Gasteiger partial charge is 0.193 e. The fraction of sp³-hybridized carbons (Fsp3) is 0.632. The molecule has 0 radical (unpaired) electrons. The van der Waals surface area contributed by atoms with Gasteiger partial charge in [0, 0.05) is 54.9 Å². The van der Waals surface area contributed by atoms with Crippen LogP contribution in [0.25, 0.3) is 0 Å². The number of benzene rings is 1. The van der Waals surface area contributed by atoms with Crippen molar-refractivity contribution >= 4 is 17.7 Å². The van der Waals surface area contributed by atoms with Gasteiger partial charge in [-0.15, -0.1) is 0 Å². The van der Waals surface area contributed by atoms with E-state index < -0.39 is 0 Å². The zero-order valence-electron chi connectivity index (χ0n) is 16.7. The molecule has 0 aliphatic carbocycles. The third-order valence-electron chi connectivity index (χ3n) is 4.41. The number of ether oxygens (including phenoxy) is 3. The zero-order valence-corrected chi connectivity index (χ0v) is 17.5. The Balaban J connectivity index is 2.04. The summed E-state index contributed by atoms with van der Waals surface area (Å²) in [7, 11) is 6.80. The number of thioether (sulfide) groups is 1. The molecule has 0 saturated carbocycles. The van der Waals surface area contributed by atoms with Crippen molar-refractivity contribution in [2.45, 2.75) is 25.0 Å². The van der Waals surface area contributed by atoms with Crippen LogP contribution in [-0.2, 0) is 6.42 Å². The Morgan fingerprint density at radius 1 is 1.19 bits per heavy atom. The first-order chi connectivity index (χ1) is 12.4. The van der Waals surface area contributed by atoms with E-state index in [4.69, 9.17) is 14.2 Å². The number of nitrogens with one attached hydrogen (secondary N) is 1. The fourth-order valence-corrected chi connectivity index (χ4v) is 4.26. The van der Waals surface area contributed by atoms with Crippen molar-refractivity contribution in [2.75, 3.05) is 53.8 Å². The number of aliphatic imine (C=N–C) groups is 1. The Hall–Kier alpha value is -1.76. The predicted octanol–water partition coefficient (Wildman–Crippen LogP) is 2.66. The quantitative estimate of drug-likeness (QED) is 0.604. The van der Waals surface area contributed by atoms with Gasteiger partial charge in [-0.2, -0.15) is 11.8 Å². The molecule has 0 unspecified atom stereocenters. The molecule has 1 fully saturated rings. The normalized spacial score (nSPS) is 17.0. The Labute approximate surface area is 161 Å². The van der Waals surface area contributed by atoms with Gasteiger partial charge in [0.1, 0.15) is 17.2 Å². The maximum absolute atomic E-state index is 5.53. The summed E-state index contributed by atoms with van der Waals surface area (Å²) in [5.74, 6) is 4.33. The summed E-state index contributed by atoms with van der Waals surface area (Å²) in [6.45, 7) is 7.32. The van der Waals surface area contributed by atoms with Crippen LogP contribution in [0.15, 0.2) is 17.1 Å². The van der Waals surface area contributed by atoms with Crippen LogP contribution in [0.2, 0.25) is 0 Å². The molecule has 1 aromatic rings. The number of methoxy groups -OCH3 is 3. The second-order valence-electron chi connectivity index (χ2n) is 6.76. The van der Waals surface area contributed by atoms with Gasteiger partial charge in [-0.25, -0.2) is 0 Å². The van der Waals surface area contributed by atoms with Crippen molar-refractivity contribution in [3.05, 3.63) is 17.7 Å². The molecular weight excluding hydrogens is 350 g/mol. The number of guanidine groups is 1. The van der Waals surface area contributed by atoms with Crippen molar-refractivity contribution < 1.29 is 14.2 Å². The van der Waals surface area contributed by atoms with Gasteiger partial charge in [-0.3, -0.25) is 4.99 Å². The molecule has 0 bridgehead atoms. The van der Waals surface area contributed by atoms with E-state index >= 15 is 0 Å². The third kappa shape index (κ3) is 5.13. The Bertz CT molecular complexity index is 609. The minimum atomic E-state index is 0.248. The molecule has 1 heterocycles. The molecule has 7 heteroatoms. The van der Waals surface area contributed by atoms with Crippen LogP contribution in [0.3, 0.4) is 0 Å². The molecule has 0 atom stereocenters. The molecule has 1 N–H and O–H groups in total. The lowest BCUT2D eigenvalue weighted by Crippen LogP contribution is -2.51. The van der Waals surface area contributed by atoms with Gasteiger partial charge in [-0.05, 0) is 20.3 Å². The summed E-state index contributed by atoms with van der Waals surface area (Å²) in [5.41, 5.74) is 1.02. The summed E-state index contributed by atoms with van der Waals surface area (Å²) in [6, 6.07) is 3.77. The van der Waals surface area contributed by atoms with E-state index in [0.29, 0.717) is 0 Å². The number of hydrogen-bond acceptors (Lipinski definition) is 5. The Morgan fingerprint density at radius 2 is 1.85 bits per heavy atom. The highest BCUT2D eigenvalue weighted by atomic mass is 32.2. The standard InChI is InChI=1S/C19H31N3O3S/c1-19(2)13-22(9-10-26-19)18(20-3)21-8-7-15-16(24-5)11-14(23-4)12-17(15)25-6/h11-12H,7-10,13H2,1-6H3,(H,20,21). The van der Waals surface area contributed by atoms with E-state index in [0.717, 1.165) is 60.6 Å². The molecule has 0 amide bonds. The van der Waals surface area contributed by atoms with Crippen LogP contribution in [0.5, 0.6) is 17.2 Å². The highest BCUT2D eigenvalue weighted by molar-refractivity contribution is 8.00. The lowest BCUT2D eigenvalue weighted by atomic mass is 10.1. The average Bonchev–Trinajstić information content (AvgIpc) is 2.63. The maximum atomic E-state index is 5.53. The zero-order chi connectivity index (χ0) is 19.2. The monoisotopic (exact) mass is 381 g/mol. The first kappa shape index (κ1) is 20.6. The summed E-state index contributed by atoms with van der Waals surface area (Å²) in [6.07, 6.45) is 0.765. The minimum absolute atomic E-state index is 0.248. The molecule has 2 rings (SSSR count). The SMILES string of the molecule is CN=C(NCCc1c(OC)cc(OC)cc1OC)N1CCSC(C)(C)C1. The molecule has 146 valence electrons. The summed E-state index contributed by atoms with van der Waals surface area (Å²) in [4.78, 5) is 6.79. The minimum Gasteiger partial charge on any atom is -0.496 e.